The summed E-state index contributed by atoms with van der Waals surface area (Å²) in [6.45, 7) is 7.27. The second kappa shape index (κ2) is 7.08. The Hall–Kier alpha value is -0.950. The molecule has 1 aromatic carbocycles. The quantitative estimate of drug-likeness (QED) is 0.819. The Morgan fingerprint density at radius 3 is 2.14 bits per heavy atom. The van der Waals surface area contributed by atoms with E-state index >= 15 is 0 Å². The highest BCUT2D eigenvalue weighted by Gasteiger charge is 2.35. The van der Waals surface area contributed by atoms with Crippen LogP contribution in [0, 0.1) is 0 Å². The Balaban J connectivity index is 2.11. The Labute approximate surface area is 134 Å². The minimum absolute atomic E-state index is 0.224. The van der Waals surface area contributed by atoms with Crippen molar-refractivity contribution in [2.24, 2.45) is 0 Å². The molecule has 124 valence electrons. The van der Waals surface area contributed by atoms with Crippen molar-refractivity contribution in [1.29, 1.82) is 0 Å². The molecule has 5 nitrogen and oxygen atoms in total. The van der Waals surface area contributed by atoms with Gasteiger partial charge in [-0.1, -0.05) is 18.2 Å². The third-order valence-corrected chi connectivity index (χ3v) is 6.10. The summed E-state index contributed by atoms with van der Waals surface area (Å²) in [7, 11) is 0.736. The Morgan fingerprint density at radius 1 is 1.09 bits per heavy atom. The molecular weight excluding hydrogens is 298 g/mol. The molecule has 1 aromatic rings. The smallest absolute Gasteiger partial charge is 0.243 e. The van der Waals surface area contributed by atoms with E-state index in [0.29, 0.717) is 18.0 Å². The van der Waals surface area contributed by atoms with Crippen molar-refractivity contribution in [3.63, 3.8) is 0 Å². The number of likely N-dealkylation sites (N-methyl/N-ethyl adjacent to an activating group) is 1. The highest BCUT2D eigenvalue weighted by Crippen LogP contribution is 2.22. The van der Waals surface area contributed by atoms with Crippen LogP contribution in [0.2, 0.25) is 0 Å². The zero-order valence-corrected chi connectivity index (χ0v) is 14.8. The van der Waals surface area contributed by atoms with E-state index in [-0.39, 0.29) is 12.1 Å². The van der Waals surface area contributed by atoms with Gasteiger partial charge in [0.1, 0.15) is 0 Å². The van der Waals surface area contributed by atoms with Crippen LogP contribution in [-0.4, -0.2) is 74.9 Å². The van der Waals surface area contributed by atoms with Gasteiger partial charge in [-0.3, -0.25) is 4.90 Å². The lowest BCUT2D eigenvalue weighted by molar-refractivity contribution is 0.0708. The molecule has 2 rings (SSSR count). The van der Waals surface area contributed by atoms with Crippen molar-refractivity contribution in [2.75, 3.05) is 40.3 Å². The van der Waals surface area contributed by atoms with Gasteiger partial charge in [0.15, 0.2) is 0 Å². The molecule has 1 aliphatic rings. The van der Waals surface area contributed by atoms with Crippen molar-refractivity contribution < 1.29 is 8.42 Å². The lowest BCUT2D eigenvalue weighted by Crippen LogP contribution is -2.58. The van der Waals surface area contributed by atoms with E-state index in [0.717, 1.165) is 13.1 Å². The lowest BCUT2D eigenvalue weighted by atomic mass is 10.1. The van der Waals surface area contributed by atoms with Crippen LogP contribution in [0.1, 0.15) is 13.8 Å². The van der Waals surface area contributed by atoms with Crippen LogP contribution in [0.5, 0.6) is 0 Å². The molecule has 0 amide bonds. The molecule has 0 radical (unpaired) electrons. The molecule has 22 heavy (non-hydrogen) atoms. The Bertz CT molecular complexity index is 562. The van der Waals surface area contributed by atoms with E-state index in [1.54, 1.807) is 28.6 Å². The van der Waals surface area contributed by atoms with Gasteiger partial charge in [-0.2, -0.15) is 4.31 Å². The van der Waals surface area contributed by atoms with Gasteiger partial charge in [0.05, 0.1) is 4.90 Å². The molecule has 0 bridgehead atoms. The molecule has 0 aliphatic carbocycles. The maximum Gasteiger partial charge on any atom is 0.243 e. The molecule has 0 saturated carbocycles. The van der Waals surface area contributed by atoms with Crippen LogP contribution in [0.3, 0.4) is 0 Å². The monoisotopic (exact) mass is 325 g/mol. The van der Waals surface area contributed by atoms with Crippen molar-refractivity contribution in [3.8, 4) is 0 Å². The highest BCUT2D eigenvalue weighted by atomic mass is 32.2. The van der Waals surface area contributed by atoms with E-state index in [9.17, 15) is 8.42 Å². The molecule has 1 fully saturated rings. The minimum atomic E-state index is -3.39. The standard InChI is InChI=1S/C16H27N3O2S/c1-14-12-18(13-15(2)19(14)11-10-17(3)4)22(20,21)16-8-6-5-7-9-16/h5-9,14-15H,10-13H2,1-4H3. The van der Waals surface area contributed by atoms with Crippen molar-refractivity contribution in [3.05, 3.63) is 30.3 Å². The number of nitrogens with zero attached hydrogens (tertiary/aromatic N) is 3. The minimum Gasteiger partial charge on any atom is -0.308 e. The summed E-state index contributed by atoms with van der Waals surface area (Å²) in [5.74, 6) is 0. The maximum atomic E-state index is 12.8. The number of sulfonamides is 1. The molecule has 0 aromatic heterocycles. The molecule has 2 unspecified atom stereocenters. The topological polar surface area (TPSA) is 43.9 Å². The predicted molar refractivity (Wildman–Crippen MR) is 89.4 cm³/mol. The van der Waals surface area contributed by atoms with E-state index in [4.69, 9.17) is 0 Å². The number of hydrogen-bond acceptors (Lipinski definition) is 4. The van der Waals surface area contributed by atoms with Crippen molar-refractivity contribution in [1.82, 2.24) is 14.1 Å². The fraction of sp³-hybridized carbons (Fsp3) is 0.625. The molecule has 2 atom stereocenters. The number of benzene rings is 1. The molecule has 0 spiro atoms. The van der Waals surface area contributed by atoms with Crippen LogP contribution in [0.25, 0.3) is 0 Å². The summed E-state index contributed by atoms with van der Waals surface area (Å²) in [6.07, 6.45) is 0. The molecule has 6 heteroatoms. The SMILES string of the molecule is CC1CN(S(=O)(=O)c2ccccc2)CC(C)N1CCN(C)C. The molecule has 0 N–H and O–H groups in total. The molecule has 1 saturated heterocycles. The Kier molecular flexibility index (Phi) is 5.60. The summed E-state index contributed by atoms with van der Waals surface area (Å²) in [6, 6.07) is 9.17. The summed E-state index contributed by atoms with van der Waals surface area (Å²) in [4.78, 5) is 4.94. The zero-order valence-electron chi connectivity index (χ0n) is 13.9. The van der Waals surface area contributed by atoms with E-state index < -0.39 is 10.0 Å². The van der Waals surface area contributed by atoms with Gasteiger partial charge >= 0.3 is 0 Å². The fourth-order valence-corrected chi connectivity index (χ4v) is 4.63. The van der Waals surface area contributed by atoms with Gasteiger partial charge in [-0.25, -0.2) is 8.42 Å². The Morgan fingerprint density at radius 2 is 1.64 bits per heavy atom. The van der Waals surface area contributed by atoms with Gasteiger partial charge in [-0.05, 0) is 40.1 Å². The third-order valence-electron chi connectivity index (χ3n) is 4.25. The maximum absolute atomic E-state index is 12.8. The van der Waals surface area contributed by atoms with Crippen molar-refractivity contribution in [2.45, 2.75) is 30.8 Å². The normalized spacial score (nSPS) is 24.8. The molecule has 1 heterocycles. The second-order valence-corrected chi connectivity index (χ2v) is 8.31. The number of hydrogen-bond donors (Lipinski definition) is 0. The summed E-state index contributed by atoms with van der Waals surface area (Å²) < 4.78 is 27.1. The third kappa shape index (κ3) is 3.87. The summed E-state index contributed by atoms with van der Waals surface area (Å²) in [5, 5.41) is 0. The van der Waals surface area contributed by atoms with E-state index in [1.165, 1.54) is 0 Å². The summed E-state index contributed by atoms with van der Waals surface area (Å²) in [5.41, 5.74) is 0. The van der Waals surface area contributed by atoms with Gasteiger partial charge in [0.25, 0.3) is 0 Å². The second-order valence-electron chi connectivity index (χ2n) is 6.37. The van der Waals surface area contributed by atoms with Crippen molar-refractivity contribution >= 4 is 10.0 Å². The van der Waals surface area contributed by atoms with Gasteiger partial charge in [0.2, 0.25) is 10.0 Å². The number of piperazine rings is 1. The van der Waals surface area contributed by atoms with E-state index in [1.807, 2.05) is 6.07 Å². The average molecular weight is 325 g/mol. The molecule has 1 aliphatic heterocycles. The first-order chi connectivity index (χ1) is 10.3. The van der Waals surface area contributed by atoms with Crippen LogP contribution in [-0.2, 0) is 10.0 Å². The highest BCUT2D eigenvalue weighted by molar-refractivity contribution is 7.89. The van der Waals surface area contributed by atoms with Crippen LogP contribution in [0.15, 0.2) is 35.2 Å². The van der Waals surface area contributed by atoms with Gasteiger partial charge in [-0.15, -0.1) is 0 Å². The van der Waals surface area contributed by atoms with Gasteiger partial charge < -0.3 is 4.90 Å². The number of rotatable bonds is 5. The average Bonchev–Trinajstić information content (AvgIpc) is 2.46. The zero-order chi connectivity index (χ0) is 16.3. The summed E-state index contributed by atoms with van der Waals surface area (Å²) >= 11 is 0. The fourth-order valence-electron chi connectivity index (χ4n) is 3.00. The largest absolute Gasteiger partial charge is 0.308 e. The predicted octanol–water partition coefficient (Wildman–Crippen LogP) is 1.33. The lowest BCUT2D eigenvalue weighted by Gasteiger charge is -2.44. The van der Waals surface area contributed by atoms with E-state index in [2.05, 4.69) is 37.7 Å². The van der Waals surface area contributed by atoms with Gasteiger partial charge in [0, 0.05) is 38.3 Å². The molecular formula is C16H27N3O2S. The van der Waals surface area contributed by atoms with Crippen LogP contribution in [0.4, 0.5) is 0 Å². The van der Waals surface area contributed by atoms with Crippen LogP contribution >= 0.6 is 0 Å². The first-order valence-corrected chi connectivity index (χ1v) is 9.22. The first-order valence-electron chi connectivity index (χ1n) is 7.78. The first kappa shape index (κ1) is 17.4. The van der Waals surface area contributed by atoms with Crippen LogP contribution < -0.4 is 0 Å².